The fourth-order valence-corrected chi connectivity index (χ4v) is 2.18. The fraction of sp³-hybridized carbons (Fsp3) is 0.125. The highest BCUT2D eigenvalue weighted by Crippen LogP contribution is 2.27. The molecule has 0 aliphatic rings. The number of phenols is 1. The number of rotatable bonds is 4. The second-order valence-corrected chi connectivity index (χ2v) is 4.78. The fourth-order valence-electron chi connectivity index (χ4n) is 2.18. The van der Waals surface area contributed by atoms with Gasteiger partial charge in [-0.2, -0.15) is 4.98 Å². The van der Waals surface area contributed by atoms with Crippen molar-refractivity contribution >= 4 is 13.3 Å². The summed E-state index contributed by atoms with van der Waals surface area (Å²) in [5.74, 6) is 1.54. The summed E-state index contributed by atoms with van der Waals surface area (Å²) in [6.45, 7) is 0. The summed E-state index contributed by atoms with van der Waals surface area (Å²) >= 11 is 0. The molecular formula is C16H13BN2O3. The van der Waals surface area contributed by atoms with E-state index < -0.39 is 0 Å². The van der Waals surface area contributed by atoms with Crippen molar-refractivity contribution in [3.8, 4) is 23.0 Å². The van der Waals surface area contributed by atoms with Crippen LogP contribution in [0.1, 0.15) is 11.4 Å². The van der Waals surface area contributed by atoms with E-state index in [-0.39, 0.29) is 11.6 Å². The van der Waals surface area contributed by atoms with E-state index in [9.17, 15) is 5.11 Å². The second-order valence-electron chi connectivity index (χ2n) is 4.78. The first-order chi connectivity index (χ1) is 10.7. The van der Waals surface area contributed by atoms with Gasteiger partial charge in [-0.15, -0.1) is 0 Å². The van der Waals surface area contributed by atoms with Crippen molar-refractivity contribution in [1.29, 1.82) is 0 Å². The first kappa shape index (κ1) is 14.2. The number of hydrogen-bond donors (Lipinski definition) is 1. The molecule has 0 bridgehead atoms. The van der Waals surface area contributed by atoms with Crippen LogP contribution in [0.25, 0.3) is 11.5 Å². The maximum Gasteiger partial charge on any atom is 0.261 e. The predicted octanol–water partition coefficient (Wildman–Crippen LogP) is 1.84. The highest BCUT2D eigenvalue weighted by molar-refractivity contribution is 6.32. The lowest BCUT2D eigenvalue weighted by molar-refractivity contribution is 0.407. The Morgan fingerprint density at radius 3 is 2.86 bits per heavy atom. The van der Waals surface area contributed by atoms with Gasteiger partial charge in [-0.1, -0.05) is 41.0 Å². The Morgan fingerprint density at radius 2 is 2.05 bits per heavy atom. The summed E-state index contributed by atoms with van der Waals surface area (Å²) in [7, 11) is 7.33. The monoisotopic (exact) mass is 292 g/mol. The highest BCUT2D eigenvalue weighted by atomic mass is 16.5. The van der Waals surface area contributed by atoms with Crippen molar-refractivity contribution in [2.75, 3.05) is 7.11 Å². The molecule has 3 rings (SSSR count). The number of aromatic nitrogens is 2. The number of benzene rings is 2. The Bertz CT molecular complexity index is 802. The van der Waals surface area contributed by atoms with Crippen LogP contribution in [0.3, 0.4) is 0 Å². The molecule has 5 nitrogen and oxygen atoms in total. The number of ether oxygens (including phenoxy) is 1. The third-order valence-electron chi connectivity index (χ3n) is 3.26. The minimum Gasteiger partial charge on any atom is -0.507 e. The Hall–Kier alpha value is -2.76. The molecule has 0 atom stereocenters. The standard InChI is InChI=1S/C16H13BN2O3/c1-21-14-5-3-2-4-10(14)8-15-18-16(22-19-15)12-9-11(17)6-7-13(12)20/h2-7,9,20H,8H2,1H3. The lowest BCUT2D eigenvalue weighted by Crippen LogP contribution is -2.01. The maximum absolute atomic E-state index is 9.87. The van der Waals surface area contributed by atoms with Crippen LogP contribution >= 0.6 is 0 Å². The SMILES string of the molecule is [B]c1ccc(O)c(-c2nc(Cc3ccccc3OC)no2)c1. The molecule has 1 aromatic heterocycles. The molecule has 2 aromatic carbocycles. The van der Waals surface area contributed by atoms with Crippen LogP contribution in [0.15, 0.2) is 47.0 Å². The van der Waals surface area contributed by atoms with Gasteiger partial charge in [0, 0.05) is 12.0 Å². The zero-order valence-corrected chi connectivity index (χ0v) is 12.0. The summed E-state index contributed by atoms with van der Waals surface area (Å²) in [5, 5.41) is 13.8. The van der Waals surface area contributed by atoms with E-state index in [1.54, 1.807) is 19.2 Å². The van der Waals surface area contributed by atoms with Crippen LogP contribution in [0.2, 0.25) is 0 Å². The van der Waals surface area contributed by atoms with E-state index in [2.05, 4.69) is 10.1 Å². The normalized spacial score (nSPS) is 10.6. The van der Waals surface area contributed by atoms with Gasteiger partial charge in [-0.05, 0) is 12.1 Å². The molecule has 1 N–H and O–H groups in total. The summed E-state index contributed by atoms with van der Waals surface area (Å²) < 4.78 is 10.5. The Kier molecular flexibility index (Phi) is 3.83. The van der Waals surface area contributed by atoms with Crippen LogP contribution in [0.4, 0.5) is 0 Å². The Labute approximate surface area is 129 Å². The van der Waals surface area contributed by atoms with Gasteiger partial charge in [-0.25, -0.2) is 0 Å². The molecule has 0 fully saturated rings. The molecule has 0 spiro atoms. The smallest absolute Gasteiger partial charge is 0.261 e. The molecule has 22 heavy (non-hydrogen) atoms. The minimum atomic E-state index is 0.0432. The molecule has 0 unspecified atom stereocenters. The quantitative estimate of drug-likeness (QED) is 0.743. The molecule has 0 aliphatic heterocycles. The molecule has 0 amide bonds. The van der Waals surface area contributed by atoms with Crippen molar-refractivity contribution in [2.45, 2.75) is 6.42 Å². The number of para-hydroxylation sites is 1. The lowest BCUT2D eigenvalue weighted by atomic mass is 9.94. The molecule has 6 heteroatoms. The first-order valence-electron chi connectivity index (χ1n) is 6.70. The van der Waals surface area contributed by atoms with Gasteiger partial charge in [0.05, 0.1) is 12.7 Å². The third kappa shape index (κ3) is 2.81. The van der Waals surface area contributed by atoms with Gasteiger partial charge < -0.3 is 14.4 Å². The molecule has 108 valence electrons. The molecule has 3 aromatic rings. The van der Waals surface area contributed by atoms with Crippen LogP contribution < -0.4 is 10.2 Å². The molecule has 1 heterocycles. The number of phenolic OH excluding ortho intramolecular Hbond substituents is 1. The number of aromatic hydroxyl groups is 1. The minimum absolute atomic E-state index is 0.0432. The van der Waals surface area contributed by atoms with Gasteiger partial charge in [0.15, 0.2) is 5.82 Å². The van der Waals surface area contributed by atoms with Gasteiger partial charge >= 0.3 is 0 Å². The topological polar surface area (TPSA) is 68.4 Å². The number of hydrogen-bond acceptors (Lipinski definition) is 5. The van der Waals surface area contributed by atoms with E-state index in [0.717, 1.165) is 11.3 Å². The van der Waals surface area contributed by atoms with Crippen molar-refractivity contribution in [1.82, 2.24) is 10.1 Å². The largest absolute Gasteiger partial charge is 0.507 e. The average Bonchev–Trinajstić information content (AvgIpc) is 2.98. The summed E-state index contributed by atoms with van der Waals surface area (Å²) in [5.41, 5.74) is 1.88. The van der Waals surface area contributed by atoms with Crippen molar-refractivity contribution in [3.05, 3.63) is 53.9 Å². The molecule has 0 saturated heterocycles. The zero-order chi connectivity index (χ0) is 15.5. The Balaban J connectivity index is 1.89. The number of nitrogens with zero attached hydrogens (tertiary/aromatic N) is 2. The van der Waals surface area contributed by atoms with Crippen LogP contribution in [0.5, 0.6) is 11.5 Å². The molecule has 0 aliphatic carbocycles. The zero-order valence-electron chi connectivity index (χ0n) is 12.0. The summed E-state index contributed by atoms with van der Waals surface area (Å²) in [6, 6.07) is 12.3. The van der Waals surface area contributed by atoms with Crippen molar-refractivity contribution in [3.63, 3.8) is 0 Å². The van der Waals surface area contributed by atoms with Gasteiger partial charge in [0.2, 0.25) is 0 Å². The first-order valence-corrected chi connectivity index (χ1v) is 6.70. The van der Waals surface area contributed by atoms with E-state index in [4.69, 9.17) is 17.1 Å². The van der Waals surface area contributed by atoms with E-state index in [1.807, 2.05) is 24.3 Å². The summed E-state index contributed by atoms with van der Waals surface area (Å²) in [6.07, 6.45) is 0.469. The molecule has 2 radical (unpaired) electrons. The van der Waals surface area contributed by atoms with Crippen molar-refractivity contribution < 1.29 is 14.4 Å². The van der Waals surface area contributed by atoms with E-state index in [0.29, 0.717) is 23.3 Å². The van der Waals surface area contributed by atoms with E-state index in [1.165, 1.54) is 6.07 Å². The molecule has 0 saturated carbocycles. The maximum atomic E-state index is 9.87. The third-order valence-corrected chi connectivity index (χ3v) is 3.26. The van der Waals surface area contributed by atoms with Crippen molar-refractivity contribution in [2.24, 2.45) is 0 Å². The van der Waals surface area contributed by atoms with Crippen LogP contribution in [0, 0.1) is 0 Å². The highest BCUT2D eigenvalue weighted by Gasteiger charge is 2.14. The lowest BCUT2D eigenvalue weighted by Gasteiger charge is -2.05. The predicted molar refractivity (Wildman–Crippen MR) is 82.6 cm³/mol. The van der Waals surface area contributed by atoms with E-state index >= 15 is 0 Å². The van der Waals surface area contributed by atoms with Gasteiger partial charge in [0.25, 0.3) is 5.89 Å². The number of methoxy groups -OCH3 is 1. The second kappa shape index (κ2) is 5.93. The van der Waals surface area contributed by atoms with Gasteiger partial charge in [0.1, 0.15) is 19.3 Å². The Morgan fingerprint density at radius 1 is 1.23 bits per heavy atom. The van der Waals surface area contributed by atoms with Crippen LogP contribution in [-0.2, 0) is 6.42 Å². The molecular weight excluding hydrogens is 279 g/mol. The van der Waals surface area contributed by atoms with Gasteiger partial charge in [-0.3, -0.25) is 0 Å². The summed E-state index contributed by atoms with van der Waals surface area (Å²) in [4.78, 5) is 4.30. The van der Waals surface area contributed by atoms with Crippen LogP contribution in [-0.4, -0.2) is 30.2 Å². The average molecular weight is 292 g/mol.